The first kappa shape index (κ1) is 10.2. The standard InChI is InChI=1S/2C5H.Cr/c2*1-2-4-5-3-1;/h2*1H;/q2*-5;. The van der Waals surface area contributed by atoms with Gasteiger partial charge in [0.15, 0.2) is 0 Å². The summed E-state index contributed by atoms with van der Waals surface area (Å²) in [5.41, 5.74) is 0. The van der Waals surface area contributed by atoms with Crippen molar-refractivity contribution in [3.63, 3.8) is 0 Å². The summed E-state index contributed by atoms with van der Waals surface area (Å²) in [7, 11) is 0. The first-order valence-electron chi connectivity index (χ1n) is 2.65. The quantitative estimate of drug-likeness (QED) is 0.526. The number of hydrogen-bond donors (Lipinski definition) is 0. The van der Waals surface area contributed by atoms with Gasteiger partial charge >= 0.3 is 0 Å². The van der Waals surface area contributed by atoms with Crippen LogP contribution in [0.3, 0.4) is 0 Å². The van der Waals surface area contributed by atoms with Gasteiger partial charge in [0, 0.05) is 17.4 Å². The molecule has 0 N–H and O–H groups in total. The summed E-state index contributed by atoms with van der Waals surface area (Å²) in [5, 5.41) is 0. The smallest absolute Gasteiger partial charge is 0 e. The summed E-state index contributed by atoms with van der Waals surface area (Å²) >= 11 is 0. The molecule has 0 atom stereocenters. The molecule has 0 saturated carbocycles. The minimum Gasteiger partial charge on any atom is -0.999 e. The van der Waals surface area contributed by atoms with Crippen LogP contribution in [0.4, 0.5) is 0 Å². The Balaban J connectivity index is 0.000000167. The van der Waals surface area contributed by atoms with Gasteiger partial charge in [0.1, 0.15) is 0 Å². The van der Waals surface area contributed by atoms with Crippen LogP contribution in [0, 0.1) is 48.5 Å². The van der Waals surface area contributed by atoms with E-state index in [-0.39, 0.29) is 17.4 Å². The van der Waals surface area contributed by atoms with Gasteiger partial charge in [0.05, 0.1) is 0 Å². The van der Waals surface area contributed by atoms with E-state index in [1.807, 2.05) is 0 Å². The van der Waals surface area contributed by atoms with Crippen molar-refractivity contribution < 1.29 is 17.4 Å². The van der Waals surface area contributed by atoms with E-state index >= 15 is 0 Å². The minimum atomic E-state index is 0. The van der Waals surface area contributed by atoms with E-state index in [2.05, 4.69) is 48.5 Å². The maximum absolute atomic E-state index is 2.62. The fourth-order valence-electron chi connectivity index (χ4n) is 0.361. The summed E-state index contributed by atoms with van der Waals surface area (Å²) < 4.78 is 0. The van der Waals surface area contributed by atoms with Crippen molar-refractivity contribution in [2.45, 2.75) is 0 Å². The minimum absolute atomic E-state index is 0. The Kier molecular flexibility index (Phi) is 6.83. The largest absolute Gasteiger partial charge is 0.999 e. The molecule has 0 heterocycles. The SMILES string of the molecule is [Cr].[c-]1[c-][c-][cH-][c-]1.[c-]1[c-][c-][cH-][c-]1. The maximum Gasteiger partial charge on any atom is 0 e. The average Bonchev–Trinajstić information content (AvgIpc) is 2.67. The molecule has 0 saturated heterocycles. The summed E-state index contributed by atoms with van der Waals surface area (Å²) in [5.74, 6) is 0. The van der Waals surface area contributed by atoms with Crippen LogP contribution in [0.15, 0.2) is 12.1 Å². The van der Waals surface area contributed by atoms with Gasteiger partial charge in [0.2, 0.25) is 0 Å². The third-order valence-corrected chi connectivity index (χ3v) is 0.702. The van der Waals surface area contributed by atoms with Crippen molar-refractivity contribution in [2.24, 2.45) is 0 Å². The van der Waals surface area contributed by atoms with Gasteiger partial charge in [-0.3, -0.25) is 0 Å². The summed E-state index contributed by atoms with van der Waals surface area (Å²) in [6.45, 7) is 0. The van der Waals surface area contributed by atoms with E-state index in [4.69, 9.17) is 0 Å². The predicted octanol–water partition coefficient (Wildman–Crippen LogP) is 1.21. The Morgan fingerprint density at radius 1 is 0.545 bits per heavy atom. The average molecular weight is 174 g/mol. The van der Waals surface area contributed by atoms with Gasteiger partial charge in [-0.2, -0.15) is 0 Å². The van der Waals surface area contributed by atoms with Crippen LogP contribution in [-0.2, 0) is 17.4 Å². The second kappa shape index (κ2) is 7.34. The molecule has 58 valence electrons. The van der Waals surface area contributed by atoms with Crippen molar-refractivity contribution in [3.05, 3.63) is 60.7 Å². The predicted molar refractivity (Wildman–Crippen MR) is 34.8 cm³/mol. The molecule has 1 heteroatoms. The van der Waals surface area contributed by atoms with E-state index in [0.717, 1.165) is 0 Å². The normalized spacial score (nSPS) is 7.27. The molecule has 2 aromatic rings. The van der Waals surface area contributed by atoms with Crippen LogP contribution in [-0.4, -0.2) is 0 Å². The van der Waals surface area contributed by atoms with Crippen molar-refractivity contribution in [2.75, 3.05) is 0 Å². The zero-order valence-corrected chi connectivity index (χ0v) is 6.84. The van der Waals surface area contributed by atoms with Gasteiger partial charge in [-0.1, -0.05) is 0 Å². The molecule has 2 aromatic carbocycles. The topological polar surface area (TPSA) is 0 Å². The first-order chi connectivity index (χ1) is 5.00. The summed E-state index contributed by atoms with van der Waals surface area (Å²) in [4.78, 5) is 0. The first-order valence-corrected chi connectivity index (χ1v) is 2.65. The molecule has 0 bridgehead atoms. The third kappa shape index (κ3) is 5.67. The molecular formula is C10H2Cr-10. The molecule has 0 unspecified atom stereocenters. The number of rotatable bonds is 0. The molecule has 0 aromatic heterocycles. The second-order valence-electron chi connectivity index (χ2n) is 1.37. The molecule has 0 spiro atoms. The van der Waals surface area contributed by atoms with Crippen LogP contribution < -0.4 is 0 Å². The molecule has 0 amide bonds. The Morgan fingerprint density at radius 2 is 0.818 bits per heavy atom. The molecular weight excluding hydrogens is 172 g/mol. The van der Waals surface area contributed by atoms with Crippen molar-refractivity contribution >= 4 is 0 Å². The Morgan fingerprint density at radius 3 is 0.909 bits per heavy atom. The van der Waals surface area contributed by atoms with Crippen LogP contribution in [0.2, 0.25) is 0 Å². The molecule has 0 radical (unpaired) electrons. The van der Waals surface area contributed by atoms with Gasteiger partial charge in [-0.15, -0.1) is 0 Å². The van der Waals surface area contributed by atoms with Crippen LogP contribution in [0.25, 0.3) is 0 Å². The van der Waals surface area contributed by atoms with E-state index in [1.54, 1.807) is 12.1 Å². The molecule has 0 fully saturated rings. The summed E-state index contributed by atoms with van der Waals surface area (Å²) in [6, 6.07) is 24.0. The van der Waals surface area contributed by atoms with Gasteiger partial charge in [-0.05, 0) is 0 Å². The second-order valence-corrected chi connectivity index (χ2v) is 1.37. The molecule has 0 aliphatic carbocycles. The van der Waals surface area contributed by atoms with Crippen LogP contribution >= 0.6 is 0 Å². The van der Waals surface area contributed by atoms with E-state index in [1.165, 1.54) is 0 Å². The van der Waals surface area contributed by atoms with Gasteiger partial charge < -0.3 is 60.7 Å². The van der Waals surface area contributed by atoms with Gasteiger partial charge in [0.25, 0.3) is 0 Å². The molecule has 0 aliphatic heterocycles. The Labute approximate surface area is 78.3 Å². The third-order valence-electron chi connectivity index (χ3n) is 0.702. The van der Waals surface area contributed by atoms with Crippen molar-refractivity contribution in [1.82, 2.24) is 0 Å². The molecule has 0 nitrogen and oxygen atoms in total. The monoisotopic (exact) mass is 174 g/mol. The van der Waals surface area contributed by atoms with E-state index < -0.39 is 0 Å². The molecule has 2 rings (SSSR count). The Bertz CT molecular complexity index is 144. The maximum atomic E-state index is 2.62. The van der Waals surface area contributed by atoms with E-state index in [0.29, 0.717) is 0 Å². The molecule has 11 heavy (non-hydrogen) atoms. The van der Waals surface area contributed by atoms with Crippen LogP contribution in [0.5, 0.6) is 0 Å². The molecule has 0 aliphatic rings. The van der Waals surface area contributed by atoms with Crippen molar-refractivity contribution in [1.29, 1.82) is 0 Å². The zero-order chi connectivity index (χ0) is 7.07. The van der Waals surface area contributed by atoms with Crippen LogP contribution in [0.1, 0.15) is 0 Å². The zero-order valence-electron chi connectivity index (χ0n) is 5.56. The number of hydrogen-bond acceptors (Lipinski definition) is 0. The fraction of sp³-hybridized carbons (Fsp3) is 0. The van der Waals surface area contributed by atoms with E-state index in [9.17, 15) is 0 Å². The fourth-order valence-corrected chi connectivity index (χ4v) is 0.361. The van der Waals surface area contributed by atoms with Crippen molar-refractivity contribution in [3.8, 4) is 0 Å². The van der Waals surface area contributed by atoms with Gasteiger partial charge in [-0.25, -0.2) is 0 Å². The summed E-state index contributed by atoms with van der Waals surface area (Å²) in [6.07, 6.45) is 0. The Hall–Kier alpha value is -0.768.